The zero-order chi connectivity index (χ0) is 54.5. The minimum atomic E-state index is -1.77. The normalized spacial score (nSPS) is 43.1. The summed E-state index contributed by atoms with van der Waals surface area (Å²) in [6.45, 7) is 9.82. The van der Waals surface area contributed by atoms with Crippen LogP contribution in [0.5, 0.6) is 11.5 Å². The maximum atomic E-state index is 14.4. The molecule has 7 aliphatic rings. The van der Waals surface area contributed by atoms with Crippen molar-refractivity contribution in [2.45, 2.75) is 197 Å². The number of ketones is 1. The van der Waals surface area contributed by atoms with Gasteiger partial charge in [-0.15, -0.1) is 0 Å². The van der Waals surface area contributed by atoms with Crippen LogP contribution in [0, 0.1) is 40.4 Å². The van der Waals surface area contributed by atoms with Crippen LogP contribution < -0.4 is 9.47 Å². The van der Waals surface area contributed by atoms with E-state index in [0.29, 0.717) is 44.3 Å². The molecule has 1 aromatic carbocycles. The molecule has 22 atom stereocenters. The number of aliphatic hydroxyl groups excluding tert-OH is 7. The molecule has 422 valence electrons. The molecule has 0 bridgehead atoms. The molecule has 3 saturated carbocycles. The van der Waals surface area contributed by atoms with Crippen molar-refractivity contribution in [3.63, 3.8) is 0 Å². The van der Waals surface area contributed by atoms with Crippen LogP contribution in [0.15, 0.2) is 29.8 Å². The Morgan fingerprint density at radius 1 is 0.773 bits per heavy atom. The molecular weight excluding hydrogens is 985 g/mol. The molecule has 0 radical (unpaired) electrons. The van der Waals surface area contributed by atoms with E-state index < -0.39 is 135 Å². The molecule has 0 amide bonds. The van der Waals surface area contributed by atoms with Crippen LogP contribution >= 0.6 is 0 Å². The molecule has 3 aliphatic heterocycles. The van der Waals surface area contributed by atoms with E-state index in [-0.39, 0.29) is 58.7 Å². The summed E-state index contributed by atoms with van der Waals surface area (Å²) >= 11 is 0. The summed E-state index contributed by atoms with van der Waals surface area (Å²) in [5.74, 6) is -1.98. The summed E-state index contributed by atoms with van der Waals surface area (Å²) in [6, 6.07) is 4.26. The lowest BCUT2D eigenvalue weighted by molar-refractivity contribution is -0.345. The van der Waals surface area contributed by atoms with Gasteiger partial charge in [-0.05, 0) is 98.7 Å². The Balaban J connectivity index is 1.05. The molecule has 0 spiro atoms. The SMILES string of the molecule is COc1ccc(C(=O)O[C@H]2[C@H](O[C@H]3[C@H](OC(C)=O)[C@@H](O[C@H]4C[C@H]5[C@@H]6CC=C7C[C@@H](O[C@H]8O[C@@H](CO)[C@@H](O)[C@H](O)[C@H]8O)CC[C@]7(C)[C@H]6CC[C@]5(C)[C@@]4(O)[C@H](C)C(=O)CCC(C)C)OC[C@@H]3O)OC[C@@H](O)[C@@H]2O)cc1OC. The second-order valence-corrected chi connectivity index (χ2v) is 22.9. The van der Waals surface area contributed by atoms with E-state index in [0.717, 1.165) is 19.8 Å². The highest BCUT2D eigenvalue weighted by atomic mass is 16.8. The van der Waals surface area contributed by atoms with Gasteiger partial charge in [0.25, 0.3) is 0 Å². The Kier molecular flexibility index (Phi) is 17.8. The van der Waals surface area contributed by atoms with Crippen LogP contribution in [-0.4, -0.2) is 190 Å². The maximum Gasteiger partial charge on any atom is 0.338 e. The highest BCUT2D eigenvalue weighted by Gasteiger charge is 2.71. The fourth-order valence-corrected chi connectivity index (χ4v) is 13.8. The van der Waals surface area contributed by atoms with E-state index in [4.69, 9.17) is 47.4 Å². The van der Waals surface area contributed by atoms with Gasteiger partial charge in [0.1, 0.15) is 60.2 Å². The van der Waals surface area contributed by atoms with Crippen LogP contribution in [0.4, 0.5) is 0 Å². The van der Waals surface area contributed by atoms with E-state index in [1.54, 1.807) is 6.92 Å². The zero-order valence-corrected chi connectivity index (χ0v) is 44.2. The number of rotatable bonds is 17. The minimum Gasteiger partial charge on any atom is -0.493 e. The van der Waals surface area contributed by atoms with Crippen LogP contribution in [0.2, 0.25) is 0 Å². The van der Waals surface area contributed by atoms with Crippen molar-refractivity contribution >= 4 is 17.7 Å². The molecular formula is C54H80O21. The lowest BCUT2D eigenvalue weighted by atomic mass is 9.46. The molecule has 8 rings (SSSR count). The molecule has 1 aromatic rings. The lowest BCUT2D eigenvalue weighted by Crippen LogP contribution is -2.64. The van der Waals surface area contributed by atoms with Gasteiger partial charge in [0, 0.05) is 24.7 Å². The van der Waals surface area contributed by atoms with Crippen molar-refractivity contribution in [2.24, 2.45) is 40.4 Å². The van der Waals surface area contributed by atoms with Gasteiger partial charge in [-0.3, -0.25) is 9.59 Å². The van der Waals surface area contributed by atoms with Gasteiger partial charge < -0.3 is 88.2 Å². The quantitative estimate of drug-likeness (QED) is 0.0816. The zero-order valence-electron chi connectivity index (χ0n) is 44.2. The smallest absolute Gasteiger partial charge is 0.338 e. The van der Waals surface area contributed by atoms with Gasteiger partial charge in [0.2, 0.25) is 0 Å². The molecule has 75 heavy (non-hydrogen) atoms. The Labute approximate surface area is 437 Å². The molecule has 4 aliphatic carbocycles. The highest BCUT2D eigenvalue weighted by Crippen LogP contribution is 2.69. The number of fused-ring (bicyclic) bond motifs is 5. The van der Waals surface area contributed by atoms with Crippen molar-refractivity contribution in [2.75, 3.05) is 34.0 Å². The number of Topliss-reactive ketones (excluding diaryl/α,β-unsaturated/α-hetero) is 1. The number of carbonyl (C=O) groups excluding carboxylic acids is 3. The number of hydrogen-bond acceptors (Lipinski definition) is 21. The molecule has 8 N–H and O–H groups in total. The fraction of sp³-hybridized carbons (Fsp3) is 0.796. The number of aliphatic hydroxyl groups is 8. The third-order valence-electron chi connectivity index (χ3n) is 18.2. The predicted molar refractivity (Wildman–Crippen MR) is 260 cm³/mol. The van der Waals surface area contributed by atoms with Gasteiger partial charge >= 0.3 is 11.9 Å². The van der Waals surface area contributed by atoms with Gasteiger partial charge in [-0.25, -0.2) is 4.79 Å². The first kappa shape index (κ1) is 57.8. The molecule has 21 heteroatoms. The Morgan fingerprint density at radius 2 is 1.47 bits per heavy atom. The van der Waals surface area contributed by atoms with E-state index in [2.05, 4.69) is 13.0 Å². The Morgan fingerprint density at radius 3 is 2.13 bits per heavy atom. The first-order valence-corrected chi connectivity index (χ1v) is 26.6. The molecule has 3 heterocycles. The highest BCUT2D eigenvalue weighted by molar-refractivity contribution is 5.90. The number of methoxy groups -OCH3 is 2. The monoisotopic (exact) mass is 1060 g/mol. The number of carbonyl (C=O) groups is 3. The van der Waals surface area contributed by atoms with Crippen LogP contribution in [0.1, 0.15) is 110 Å². The summed E-state index contributed by atoms with van der Waals surface area (Å²) in [5, 5.41) is 88.4. The van der Waals surface area contributed by atoms with Gasteiger partial charge in [-0.1, -0.05) is 46.3 Å². The summed E-state index contributed by atoms with van der Waals surface area (Å²) in [4.78, 5) is 40.9. The maximum absolute atomic E-state index is 14.4. The minimum absolute atomic E-state index is 0.00322. The lowest BCUT2D eigenvalue weighted by Gasteiger charge is -2.59. The van der Waals surface area contributed by atoms with Crippen LogP contribution in [0.25, 0.3) is 0 Å². The first-order chi connectivity index (χ1) is 35.5. The van der Waals surface area contributed by atoms with Crippen molar-refractivity contribution in [3.8, 4) is 11.5 Å². The fourth-order valence-electron chi connectivity index (χ4n) is 13.8. The molecule has 0 unspecified atom stereocenters. The number of hydrogen-bond donors (Lipinski definition) is 8. The standard InChI is InChI=1S/C54H80O21/c1-25(2)9-13-34(57)26(3)54(65)40(21-33-31-12-11-29-20-30(15-17-52(29,5)32(31)16-18-53(33,54)6)71-49-44(63)43(62)42(61)39(22-55)72-49)73-51-47(70-27(4)56)45(36(59)24-69-51)75-50-46(41(60)35(58)23-68-50)74-48(64)28-10-14-37(66-7)38(19-28)67-8/h10-11,14,19,25-26,30-33,35-36,39-47,49-51,55,58-63,65H,9,12-13,15-18,20-24H2,1-8H3/t26-,30+,31-,32+,33+,35-,36+,39+,40+,41+,42-,43+,44-,45-,46-,47+,49+,50+,51-,52+,53+,54-/m1/s1. The third kappa shape index (κ3) is 10.9. The second-order valence-electron chi connectivity index (χ2n) is 22.9. The Hall–Kier alpha value is -3.39. The topological polar surface area (TPSA) is 305 Å². The summed E-state index contributed by atoms with van der Waals surface area (Å²) in [7, 11) is 2.82. The molecule has 3 saturated heterocycles. The summed E-state index contributed by atoms with van der Waals surface area (Å²) < 4.78 is 59.4. The van der Waals surface area contributed by atoms with Gasteiger partial charge in [0.05, 0.1) is 51.8 Å². The largest absolute Gasteiger partial charge is 0.493 e. The average molecular weight is 1070 g/mol. The van der Waals surface area contributed by atoms with Gasteiger partial charge in [0.15, 0.2) is 42.6 Å². The van der Waals surface area contributed by atoms with Crippen molar-refractivity contribution in [1.82, 2.24) is 0 Å². The van der Waals surface area contributed by atoms with Crippen LogP contribution in [0.3, 0.4) is 0 Å². The number of ether oxygens (including phenoxy) is 10. The summed E-state index contributed by atoms with van der Waals surface area (Å²) in [5.41, 5.74) is -1.72. The average Bonchev–Trinajstić information content (AvgIpc) is 3.71. The van der Waals surface area contributed by atoms with E-state index >= 15 is 0 Å². The number of benzene rings is 1. The number of esters is 2. The van der Waals surface area contributed by atoms with E-state index in [1.165, 1.54) is 38.0 Å². The first-order valence-electron chi connectivity index (χ1n) is 26.6. The summed E-state index contributed by atoms with van der Waals surface area (Å²) in [6.07, 6.45) is -13.8. The van der Waals surface area contributed by atoms with Crippen LogP contribution in [-0.2, 0) is 47.5 Å². The predicted octanol–water partition coefficient (Wildman–Crippen LogP) is 1.86. The van der Waals surface area contributed by atoms with E-state index in [9.17, 15) is 55.2 Å². The molecule has 6 fully saturated rings. The van der Waals surface area contributed by atoms with E-state index in [1.807, 2.05) is 20.8 Å². The molecule has 21 nitrogen and oxygen atoms in total. The number of allylic oxidation sites excluding steroid dienone is 1. The third-order valence-corrected chi connectivity index (χ3v) is 18.2. The Bertz CT molecular complexity index is 2210. The second kappa shape index (κ2) is 23.1. The van der Waals surface area contributed by atoms with Crippen molar-refractivity contribution in [1.29, 1.82) is 0 Å². The van der Waals surface area contributed by atoms with Gasteiger partial charge in [-0.2, -0.15) is 0 Å². The molecule has 0 aromatic heterocycles. The van der Waals surface area contributed by atoms with Crippen molar-refractivity contribution < 1.29 is 103 Å². The van der Waals surface area contributed by atoms with Crippen molar-refractivity contribution in [3.05, 3.63) is 35.4 Å².